The molecule has 3 fully saturated rings. The summed E-state index contributed by atoms with van der Waals surface area (Å²) in [4.78, 5) is 0. The molecule has 4 aliphatic rings. The summed E-state index contributed by atoms with van der Waals surface area (Å²) in [6.07, 6.45) is 21.2. The third kappa shape index (κ3) is 4.63. The third-order valence-electron chi connectivity index (χ3n) is 11.1. The fourth-order valence-corrected chi connectivity index (χ4v) is 9.19. The fraction of sp³-hybridized carbons (Fsp3) is 0.935. The van der Waals surface area contributed by atoms with Crippen molar-refractivity contribution >= 4 is 0 Å². The Bertz CT molecular complexity index is 649. The summed E-state index contributed by atoms with van der Waals surface area (Å²) < 4.78 is 6.29. The largest absolute Gasteiger partial charge is 0.378 e. The minimum atomic E-state index is 0.468. The van der Waals surface area contributed by atoms with Crippen LogP contribution in [0.4, 0.5) is 0 Å². The van der Waals surface area contributed by atoms with Gasteiger partial charge in [-0.15, -0.1) is 0 Å². The zero-order valence-corrected chi connectivity index (χ0v) is 22.4. The molecule has 1 nitrogen and oxygen atoms in total. The van der Waals surface area contributed by atoms with Crippen LogP contribution in [0, 0.1) is 46.3 Å². The average molecular weight is 443 g/mol. The molecule has 0 heterocycles. The molecule has 184 valence electrons. The van der Waals surface area contributed by atoms with Crippen LogP contribution in [0.2, 0.25) is 0 Å². The maximum absolute atomic E-state index is 6.29. The van der Waals surface area contributed by atoms with Crippen LogP contribution in [0.25, 0.3) is 0 Å². The van der Waals surface area contributed by atoms with Gasteiger partial charge >= 0.3 is 0 Å². The fourth-order valence-electron chi connectivity index (χ4n) is 9.19. The second-order valence-electron chi connectivity index (χ2n) is 13.4. The Kier molecular flexibility index (Phi) is 7.86. The van der Waals surface area contributed by atoms with E-state index < -0.39 is 0 Å². The van der Waals surface area contributed by atoms with Crippen LogP contribution in [-0.2, 0) is 4.74 Å². The molecule has 0 unspecified atom stereocenters. The van der Waals surface area contributed by atoms with E-state index >= 15 is 0 Å². The monoisotopic (exact) mass is 442 g/mol. The maximum Gasteiger partial charge on any atom is 0.0612 e. The van der Waals surface area contributed by atoms with E-state index in [9.17, 15) is 0 Å². The standard InChI is InChI=1S/C31H54O/c1-7-8-20-32-25-16-18-30(5)24(21-25)12-13-26-28-15-14-27(23(4)11-9-10-22(2)3)31(28,6)19-17-29(26)30/h12,22-23,25-29H,7-11,13-21H2,1-6H3/t23-,25+,26+,27-,28+,29+,30+,31-/m1/s1. The van der Waals surface area contributed by atoms with Crippen LogP contribution in [-0.4, -0.2) is 12.7 Å². The Morgan fingerprint density at radius 1 is 0.969 bits per heavy atom. The predicted octanol–water partition coefficient (Wildman–Crippen LogP) is 9.21. The van der Waals surface area contributed by atoms with Gasteiger partial charge in [-0.2, -0.15) is 0 Å². The first-order chi connectivity index (χ1) is 15.3. The van der Waals surface area contributed by atoms with Crippen molar-refractivity contribution in [1.29, 1.82) is 0 Å². The first-order valence-corrected chi connectivity index (χ1v) is 14.6. The summed E-state index contributed by atoms with van der Waals surface area (Å²) in [6, 6.07) is 0. The van der Waals surface area contributed by atoms with Gasteiger partial charge in [0.1, 0.15) is 0 Å². The predicted molar refractivity (Wildman–Crippen MR) is 138 cm³/mol. The Labute approximate surface area is 200 Å². The topological polar surface area (TPSA) is 9.23 Å². The van der Waals surface area contributed by atoms with Gasteiger partial charge in [0.05, 0.1) is 6.10 Å². The lowest BCUT2D eigenvalue weighted by molar-refractivity contribution is -0.0640. The molecule has 0 radical (unpaired) electrons. The number of unbranched alkanes of at least 4 members (excludes halogenated alkanes) is 1. The van der Waals surface area contributed by atoms with Gasteiger partial charge in [0.2, 0.25) is 0 Å². The molecule has 32 heavy (non-hydrogen) atoms. The van der Waals surface area contributed by atoms with Gasteiger partial charge in [0, 0.05) is 6.61 Å². The van der Waals surface area contributed by atoms with Gasteiger partial charge in [-0.3, -0.25) is 0 Å². The second-order valence-corrected chi connectivity index (χ2v) is 13.4. The van der Waals surface area contributed by atoms with Crippen molar-refractivity contribution in [2.24, 2.45) is 46.3 Å². The summed E-state index contributed by atoms with van der Waals surface area (Å²) in [6.45, 7) is 16.0. The number of hydrogen-bond acceptors (Lipinski definition) is 1. The van der Waals surface area contributed by atoms with E-state index in [-0.39, 0.29) is 0 Å². The number of allylic oxidation sites excluding steroid dienone is 1. The van der Waals surface area contributed by atoms with E-state index in [0.29, 0.717) is 16.9 Å². The molecule has 0 N–H and O–H groups in total. The zero-order chi connectivity index (χ0) is 22.9. The zero-order valence-electron chi connectivity index (χ0n) is 22.4. The van der Waals surface area contributed by atoms with Crippen molar-refractivity contribution in [3.05, 3.63) is 11.6 Å². The van der Waals surface area contributed by atoms with E-state index in [2.05, 4.69) is 47.6 Å². The highest BCUT2D eigenvalue weighted by Gasteiger charge is 2.59. The van der Waals surface area contributed by atoms with Gasteiger partial charge in [-0.25, -0.2) is 0 Å². The van der Waals surface area contributed by atoms with Crippen molar-refractivity contribution in [3.8, 4) is 0 Å². The molecular formula is C31H54O. The van der Waals surface area contributed by atoms with E-state index in [1.165, 1.54) is 83.5 Å². The molecule has 1 heteroatoms. The van der Waals surface area contributed by atoms with Gasteiger partial charge in [0.15, 0.2) is 0 Å². The van der Waals surface area contributed by atoms with Crippen LogP contribution in [0.3, 0.4) is 0 Å². The minimum absolute atomic E-state index is 0.468. The second kappa shape index (κ2) is 10.1. The van der Waals surface area contributed by atoms with Gasteiger partial charge in [0.25, 0.3) is 0 Å². The van der Waals surface area contributed by atoms with E-state index in [0.717, 1.165) is 42.1 Å². The van der Waals surface area contributed by atoms with Crippen LogP contribution >= 0.6 is 0 Å². The molecule has 0 aliphatic heterocycles. The van der Waals surface area contributed by atoms with E-state index in [1.807, 2.05) is 0 Å². The van der Waals surface area contributed by atoms with Gasteiger partial charge in [-0.1, -0.05) is 78.9 Å². The summed E-state index contributed by atoms with van der Waals surface area (Å²) in [5.41, 5.74) is 2.86. The van der Waals surface area contributed by atoms with Gasteiger partial charge < -0.3 is 4.74 Å². The number of rotatable bonds is 9. The lowest BCUT2D eigenvalue weighted by Crippen LogP contribution is -2.51. The number of fused-ring (bicyclic) bond motifs is 5. The Balaban J connectivity index is 1.42. The van der Waals surface area contributed by atoms with Crippen LogP contribution < -0.4 is 0 Å². The number of ether oxygens (including phenoxy) is 1. The molecule has 3 saturated carbocycles. The van der Waals surface area contributed by atoms with Crippen molar-refractivity contribution in [3.63, 3.8) is 0 Å². The summed E-state index contributed by atoms with van der Waals surface area (Å²) in [5.74, 6) is 5.62. The summed E-state index contributed by atoms with van der Waals surface area (Å²) in [5, 5.41) is 0. The van der Waals surface area contributed by atoms with Crippen LogP contribution in [0.1, 0.15) is 125 Å². The summed E-state index contributed by atoms with van der Waals surface area (Å²) in [7, 11) is 0. The highest BCUT2D eigenvalue weighted by molar-refractivity contribution is 5.25. The Morgan fingerprint density at radius 3 is 2.53 bits per heavy atom. The lowest BCUT2D eigenvalue weighted by Gasteiger charge is -2.58. The number of hydrogen-bond donors (Lipinski definition) is 0. The normalized spacial score (nSPS) is 42.2. The molecule has 0 spiro atoms. The van der Waals surface area contributed by atoms with Crippen LogP contribution in [0.5, 0.6) is 0 Å². The molecule has 4 rings (SSSR count). The van der Waals surface area contributed by atoms with Crippen LogP contribution in [0.15, 0.2) is 11.6 Å². The molecule has 0 amide bonds. The van der Waals surface area contributed by atoms with Gasteiger partial charge in [-0.05, 0) is 104 Å². The average Bonchev–Trinajstić information content (AvgIpc) is 3.11. The molecule has 8 atom stereocenters. The highest BCUT2D eigenvalue weighted by Crippen LogP contribution is 2.67. The minimum Gasteiger partial charge on any atom is -0.378 e. The molecule has 0 saturated heterocycles. The van der Waals surface area contributed by atoms with Crippen molar-refractivity contribution < 1.29 is 4.74 Å². The third-order valence-corrected chi connectivity index (χ3v) is 11.1. The van der Waals surface area contributed by atoms with Crippen molar-refractivity contribution in [2.75, 3.05) is 6.61 Å². The van der Waals surface area contributed by atoms with Crippen molar-refractivity contribution in [2.45, 2.75) is 131 Å². The quantitative estimate of drug-likeness (QED) is 0.255. The summed E-state index contributed by atoms with van der Waals surface area (Å²) >= 11 is 0. The maximum atomic E-state index is 6.29. The van der Waals surface area contributed by atoms with Crippen molar-refractivity contribution in [1.82, 2.24) is 0 Å². The molecule has 0 bridgehead atoms. The van der Waals surface area contributed by atoms with E-state index in [4.69, 9.17) is 4.74 Å². The smallest absolute Gasteiger partial charge is 0.0612 e. The first kappa shape index (κ1) is 24.8. The molecule has 4 aliphatic carbocycles. The first-order valence-electron chi connectivity index (χ1n) is 14.6. The molecule has 0 aromatic rings. The Morgan fingerprint density at radius 2 is 1.78 bits per heavy atom. The Hall–Kier alpha value is -0.300. The molecule has 0 aromatic heterocycles. The molecule has 0 aromatic carbocycles. The highest BCUT2D eigenvalue weighted by atomic mass is 16.5. The SMILES string of the molecule is CCCCO[C@H]1CC[C@@]2(C)C(=CC[C@H]3[C@@H]4CC[C@H]([C@H](C)CCCC(C)C)[C@@]4(C)CC[C@@H]32)C1. The van der Waals surface area contributed by atoms with E-state index in [1.54, 1.807) is 5.57 Å². The lowest BCUT2D eigenvalue weighted by atomic mass is 9.47. The molecular weight excluding hydrogens is 388 g/mol.